The zero-order chi connectivity index (χ0) is 16.4. The van der Waals surface area contributed by atoms with E-state index in [0.717, 1.165) is 11.2 Å². The van der Waals surface area contributed by atoms with E-state index in [9.17, 15) is 8.42 Å². The molecule has 10 heteroatoms. The SMILES string of the molecule is Cn1cnc2c(NCc3ccc(NS(=O)(=O)O)cc3)ncnc21. The number of hydrogen-bond donors (Lipinski definition) is 3. The summed E-state index contributed by atoms with van der Waals surface area (Å²) in [5, 5.41) is 3.17. The molecule has 0 fully saturated rings. The summed E-state index contributed by atoms with van der Waals surface area (Å²) >= 11 is 0. The highest BCUT2D eigenvalue weighted by molar-refractivity contribution is 7.87. The predicted octanol–water partition coefficient (Wildman–Crippen LogP) is 1.19. The van der Waals surface area contributed by atoms with E-state index in [0.29, 0.717) is 17.9 Å². The van der Waals surface area contributed by atoms with Crippen molar-refractivity contribution in [2.75, 3.05) is 10.0 Å². The molecular formula is C13H14N6O3S. The first kappa shape index (κ1) is 15.2. The Morgan fingerprint density at radius 2 is 1.91 bits per heavy atom. The zero-order valence-corrected chi connectivity index (χ0v) is 12.9. The van der Waals surface area contributed by atoms with E-state index in [2.05, 4.69) is 20.3 Å². The molecule has 0 aliphatic heterocycles. The first-order chi connectivity index (χ1) is 10.9. The van der Waals surface area contributed by atoms with Crippen LogP contribution in [-0.2, 0) is 23.9 Å². The molecule has 0 saturated heterocycles. The molecule has 0 unspecified atom stereocenters. The van der Waals surface area contributed by atoms with Crippen LogP contribution >= 0.6 is 0 Å². The van der Waals surface area contributed by atoms with Crippen LogP contribution in [0.2, 0.25) is 0 Å². The lowest BCUT2D eigenvalue weighted by atomic mass is 10.2. The lowest BCUT2D eigenvalue weighted by Crippen LogP contribution is -2.10. The Hall–Kier alpha value is -2.72. The number of anilines is 2. The van der Waals surface area contributed by atoms with Crippen molar-refractivity contribution in [1.82, 2.24) is 19.5 Å². The number of aromatic nitrogens is 4. The van der Waals surface area contributed by atoms with Gasteiger partial charge in [0, 0.05) is 13.6 Å². The molecule has 1 aromatic carbocycles. The van der Waals surface area contributed by atoms with Crippen molar-refractivity contribution in [2.24, 2.45) is 7.05 Å². The number of hydrogen-bond acceptors (Lipinski definition) is 6. The van der Waals surface area contributed by atoms with E-state index in [4.69, 9.17) is 4.55 Å². The Labute approximate surface area is 132 Å². The topological polar surface area (TPSA) is 122 Å². The highest BCUT2D eigenvalue weighted by Crippen LogP contribution is 2.18. The normalized spacial score (nSPS) is 11.6. The average Bonchev–Trinajstić information content (AvgIpc) is 2.87. The third kappa shape index (κ3) is 3.55. The average molecular weight is 334 g/mol. The molecule has 0 amide bonds. The van der Waals surface area contributed by atoms with E-state index in [1.165, 1.54) is 6.33 Å². The van der Waals surface area contributed by atoms with Gasteiger partial charge in [0.1, 0.15) is 11.8 Å². The number of nitrogens with one attached hydrogen (secondary N) is 2. The molecule has 0 aliphatic rings. The molecule has 0 radical (unpaired) electrons. The fraction of sp³-hybridized carbons (Fsp3) is 0.154. The zero-order valence-electron chi connectivity index (χ0n) is 12.1. The van der Waals surface area contributed by atoms with Crippen LogP contribution in [0.1, 0.15) is 5.56 Å². The van der Waals surface area contributed by atoms with Crippen molar-refractivity contribution in [3.63, 3.8) is 0 Å². The van der Waals surface area contributed by atoms with Crippen LogP contribution in [0.25, 0.3) is 11.2 Å². The minimum Gasteiger partial charge on any atom is -0.364 e. The molecule has 0 aliphatic carbocycles. The summed E-state index contributed by atoms with van der Waals surface area (Å²) in [5.74, 6) is 0.621. The van der Waals surface area contributed by atoms with Crippen molar-refractivity contribution in [1.29, 1.82) is 0 Å². The van der Waals surface area contributed by atoms with Gasteiger partial charge in [-0.15, -0.1) is 0 Å². The van der Waals surface area contributed by atoms with E-state index in [1.54, 1.807) is 35.2 Å². The molecule has 9 nitrogen and oxygen atoms in total. The van der Waals surface area contributed by atoms with Crippen LogP contribution in [-0.4, -0.2) is 32.5 Å². The Balaban J connectivity index is 1.72. The molecule has 0 bridgehead atoms. The number of rotatable bonds is 5. The van der Waals surface area contributed by atoms with Gasteiger partial charge in [0.25, 0.3) is 0 Å². The molecule has 0 saturated carbocycles. The lowest BCUT2D eigenvalue weighted by Gasteiger charge is -2.07. The molecule has 2 aromatic heterocycles. The lowest BCUT2D eigenvalue weighted by molar-refractivity contribution is 0.489. The fourth-order valence-electron chi connectivity index (χ4n) is 2.10. The van der Waals surface area contributed by atoms with Gasteiger partial charge in [0.2, 0.25) is 0 Å². The van der Waals surface area contributed by atoms with Gasteiger partial charge < -0.3 is 9.88 Å². The van der Waals surface area contributed by atoms with Crippen molar-refractivity contribution in [3.8, 4) is 0 Å². The molecule has 0 atom stereocenters. The van der Waals surface area contributed by atoms with Gasteiger partial charge >= 0.3 is 10.3 Å². The molecule has 2 heterocycles. The van der Waals surface area contributed by atoms with Crippen LogP contribution in [0.3, 0.4) is 0 Å². The first-order valence-corrected chi connectivity index (χ1v) is 8.06. The monoisotopic (exact) mass is 334 g/mol. The molecule has 120 valence electrons. The second-order valence-corrected chi connectivity index (χ2v) is 6.03. The molecule has 23 heavy (non-hydrogen) atoms. The maximum absolute atomic E-state index is 10.7. The summed E-state index contributed by atoms with van der Waals surface area (Å²) in [6.07, 6.45) is 3.13. The van der Waals surface area contributed by atoms with Crippen molar-refractivity contribution in [3.05, 3.63) is 42.5 Å². The Bertz CT molecular complexity index is 936. The van der Waals surface area contributed by atoms with E-state index in [1.807, 2.05) is 11.8 Å². The predicted molar refractivity (Wildman–Crippen MR) is 85.2 cm³/mol. The third-order valence-corrected chi connectivity index (χ3v) is 3.65. The number of nitrogens with zero attached hydrogens (tertiary/aromatic N) is 4. The van der Waals surface area contributed by atoms with Gasteiger partial charge in [0.05, 0.1) is 12.0 Å². The van der Waals surface area contributed by atoms with Gasteiger partial charge in [-0.05, 0) is 17.7 Å². The Kier molecular flexibility index (Phi) is 3.84. The standard InChI is InChI=1S/C13H14N6O3S/c1-19-8-17-11-12(15-7-16-13(11)19)14-6-9-2-4-10(5-3-9)18-23(20,21)22/h2-5,7-8,18H,6H2,1H3,(H,14,15,16)(H,20,21,22). The van der Waals surface area contributed by atoms with E-state index < -0.39 is 10.3 Å². The Morgan fingerprint density at radius 1 is 1.17 bits per heavy atom. The van der Waals surface area contributed by atoms with E-state index >= 15 is 0 Å². The molecule has 3 N–H and O–H groups in total. The largest absolute Gasteiger partial charge is 0.364 e. The van der Waals surface area contributed by atoms with Crippen LogP contribution in [0, 0.1) is 0 Å². The van der Waals surface area contributed by atoms with Gasteiger partial charge in [0.15, 0.2) is 11.5 Å². The van der Waals surface area contributed by atoms with Gasteiger partial charge in [-0.3, -0.25) is 9.27 Å². The minimum atomic E-state index is -4.26. The second-order valence-electron chi connectivity index (χ2n) is 4.88. The van der Waals surface area contributed by atoms with Crippen LogP contribution in [0.15, 0.2) is 36.9 Å². The van der Waals surface area contributed by atoms with Gasteiger partial charge in [-0.1, -0.05) is 12.1 Å². The maximum atomic E-state index is 10.7. The Morgan fingerprint density at radius 3 is 2.61 bits per heavy atom. The number of benzene rings is 1. The summed E-state index contributed by atoms with van der Waals surface area (Å²) < 4.78 is 34.0. The quantitative estimate of drug-likeness (QED) is 0.599. The van der Waals surface area contributed by atoms with Crippen LogP contribution in [0.4, 0.5) is 11.5 Å². The molecular weight excluding hydrogens is 320 g/mol. The van der Waals surface area contributed by atoms with Crippen molar-refractivity contribution >= 4 is 33.0 Å². The highest BCUT2D eigenvalue weighted by atomic mass is 32.2. The van der Waals surface area contributed by atoms with Gasteiger partial charge in [-0.25, -0.2) is 15.0 Å². The summed E-state index contributed by atoms with van der Waals surface area (Å²) in [7, 11) is -2.41. The molecule has 3 aromatic rings. The number of fused-ring (bicyclic) bond motifs is 1. The smallest absolute Gasteiger partial charge is 0.357 e. The molecule has 3 rings (SSSR count). The minimum absolute atomic E-state index is 0.283. The summed E-state index contributed by atoms with van der Waals surface area (Å²) in [6, 6.07) is 6.58. The highest BCUT2D eigenvalue weighted by Gasteiger charge is 2.08. The van der Waals surface area contributed by atoms with Crippen LogP contribution < -0.4 is 10.0 Å². The number of aryl methyl sites for hydroxylation is 1. The summed E-state index contributed by atoms with van der Waals surface area (Å²) in [4.78, 5) is 12.6. The van der Waals surface area contributed by atoms with Crippen molar-refractivity contribution in [2.45, 2.75) is 6.54 Å². The summed E-state index contributed by atoms with van der Waals surface area (Å²) in [5.41, 5.74) is 2.61. The number of imidazole rings is 1. The van der Waals surface area contributed by atoms with Crippen LogP contribution in [0.5, 0.6) is 0 Å². The second kappa shape index (κ2) is 5.82. The summed E-state index contributed by atoms with van der Waals surface area (Å²) in [6.45, 7) is 0.481. The fourth-order valence-corrected chi connectivity index (χ4v) is 2.53. The first-order valence-electron chi connectivity index (χ1n) is 6.62. The van der Waals surface area contributed by atoms with E-state index in [-0.39, 0.29) is 5.69 Å². The third-order valence-electron chi connectivity index (χ3n) is 3.16. The maximum Gasteiger partial charge on any atom is 0.357 e. The molecule has 0 spiro atoms. The van der Waals surface area contributed by atoms with Gasteiger partial charge in [-0.2, -0.15) is 8.42 Å². The van der Waals surface area contributed by atoms with Crippen molar-refractivity contribution < 1.29 is 13.0 Å².